The van der Waals surface area contributed by atoms with Crippen molar-refractivity contribution in [2.75, 3.05) is 42.5 Å². The Balaban J connectivity index is 1.33. The molecule has 34 heavy (non-hydrogen) atoms. The molecule has 1 aromatic heterocycles. The van der Waals surface area contributed by atoms with Gasteiger partial charge in [0, 0.05) is 37.9 Å². The summed E-state index contributed by atoms with van der Waals surface area (Å²) in [5, 5.41) is 0. The molecule has 0 atom stereocenters. The van der Waals surface area contributed by atoms with Crippen molar-refractivity contribution in [3.63, 3.8) is 0 Å². The highest BCUT2D eigenvalue weighted by molar-refractivity contribution is 6.12. The van der Waals surface area contributed by atoms with Crippen LogP contribution < -0.4 is 14.5 Å². The normalized spacial score (nSPS) is 16.9. The lowest BCUT2D eigenvalue weighted by atomic mass is 10.1. The van der Waals surface area contributed by atoms with Gasteiger partial charge in [0.2, 0.25) is 5.91 Å². The maximum Gasteiger partial charge on any atom is 0.294 e. The maximum atomic E-state index is 14.2. The van der Waals surface area contributed by atoms with E-state index in [0.717, 1.165) is 5.82 Å². The number of piperazine rings is 1. The number of hydrogen-bond acceptors (Lipinski definition) is 5. The number of amides is 2. The summed E-state index contributed by atoms with van der Waals surface area (Å²) in [4.78, 5) is 36.1. The van der Waals surface area contributed by atoms with E-state index in [1.165, 1.54) is 17.0 Å². The molecule has 1 fully saturated rings. The number of rotatable bonds is 4. The first-order chi connectivity index (χ1) is 16.6. The third kappa shape index (κ3) is 4.34. The molecule has 2 aromatic carbocycles. The summed E-state index contributed by atoms with van der Waals surface area (Å²) in [6.45, 7) is 2.27. The Bertz CT molecular complexity index is 1240. The summed E-state index contributed by atoms with van der Waals surface area (Å²) in [7, 11) is 0. The van der Waals surface area contributed by atoms with E-state index < -0.39 is 11.7 Å². The zero-order chi connectivity index (χ0) is 23.5. The van der Waals surface area contributed by atoms with Crippen LogP contribution in [0.5, 0.6) is 5.75 Å². The molecule has 3 heterocycles. The zero-order valence-electron chi connectivity index (χ0n) is 18.4. The number of benzene rings is 2. The molecule has 1 saturated heterocycles. The number of nitrogens with zero attached hydrogens (tertiary/aromatic N) is 4. The standard InChI is InChI=1S/C26H23FN4O3/c27-20-8-2-1-7-19(20)17-23-26(33)31(21-9-3-4-10-22(21)34-23)18-25(32)30-15-13-29(14-16-30)24-11-5-6-12-28-24/h1-12,17H,13-16,18H2. The van der Waals surface area contributed by atoms with Gasteiger partial charge in [-0.25, -0.2) is 9.37 Å². The number of para-hydroxylation sites is 2. The second-order valence-electron chi connectivity index (χ2n) is 8.05. The Labute approximate surface area is 196 Å². The number of halogens is 1. The van der Waals surface area contributed by atoms with Crippen LogP contribution in [0.3, 0.4) is 0 Å². The van der Waals surface area contributed by atoms with Crippen LogP contribution >= 0.6 is 0 Å². The highest BCUT2D eigenvalue weighted by atomic mass is 19.1. The van der Waals surface area contributed by atoms with E-state index in [9.17, 15) is 14.0 Å². The van der Waals surface area contributed by atoms with E-state index in [4.69, 9.17) is 4.74 Å². The van der Waals surface area contributed by atoms with Crippen LogP contribution in [0.15, 0.2) is 78.7 Å². The van der Waals surface area contributed by atoms with E-state index in [1.807, 2.05) is 18.2 Å². The predicted octanol–water partition coefficient (Wildman–Crippen LogP) is 3.34. The van der Waals surface area contributed by atoms with E-state index in [0.29, 0.717) is 37.6 Å². The van der Waals surface area contributed by atoms with Crippen molar-refractivity contribution < 1.29 is 18.7 Å². The molecule has 0 N–H and O–H groups in total. The minimum atomic E-state index is -0.484. The van der Waals surface area contributed by atoms with Crippen LogP contribution in [-0.4, -0.2) is 54.4 Å². The number of carbonyl (C=O) groups excluding carboxylic acids is 2. The van der Waals surface area contributed by atoms with Crippen molar-refractivity contribution in [2.45, 2.75) is 0 Å². The van der Waals surface area contributed by atoms with Crippen LogP contribution in [0.4, 0.5) is 15.9 Å². The lowest BCUT2D eigenvalue weighted by molar-refractivity contribution is -0.131. The van der Waals surface area contributed by atoms with E-state index in [2.05, 4.69) is 9.88 Å². The Kier molecular flexibility index (Phi) is 5.95. The minimum absolute atomic E-state index is 0.0310. The monoisotopic (exact) mass is 458 g/mol. The molecular weight excluding hydrogens is 435 g/mol. The molecule has 172 valence electrons. The SMILES string of the molecule is O=C(CN1C(=O)C(=Cc2ccccc2F)Oc2ccccc21)N1CCN(c2ccccn2)CC1. The van der Waals surface area contributed by atoms with Gasteiger partial charge in [0.15, 0.2) is 11.5 Å². The van der Waals surface area contributed by atoms with Crippen molar-refractivity contribution >= 4 is 29.4 Å². The summed E-state index contributed by atoms with van der Waals surface area (Å²) >= 11 is 0. The fourth-order valence-electron chi connectivity index (χ4n) is 4.11. The topological polar surface area (TPSA) is 66.0 Å². The molecule has 7 nitrogen and oxygen atoms in total. The Morgan fingerprint density at radius 3 is 2.47 bits per heavy atom. The van der Waals surface area contributed by atoms with Crippen LogP contribution in [0.25, 0.3) is 6.08 Å². The molecule has 8 heteroatoms. The van der Waals surface area contributed by atoms with E-state index in [1.54, 1.807) is 53.6 Å². The Morgan fingerprint density at radius 1 is 0.971 bits per heavy atom. The van der Waals surface area contributed by atoms with Gasteiger partial charge in [-0.3, -0.25) is 14.5 Å². The van der Waals surface area contributed by atoms with Gasteiger partial charge in [0.1, 0.15) is 18.2 Å². The van der Waals surface area contributed by atoms with Crippen molar-refractivity contribution in [1.29, 1.82) is 0 Å². The minimum Gasteiger partial charge on any atom is -0.449 e. The highest BCUT2D eigenvalue weighted by Gasteiger charge is 2.33. The molecular formula is C26H23FN4O3. The van der Waals surface area contributed by atoms with Gasteiger partial charge >= 0.3 is 0 Å². The molecule has 0 spiro atoms. The maximum absolute atomic E-state index is 14.2. The summed E-state index contributed by atoms with van der Waals surface area (Å²) in [5.41, 5.74) is 0.751. The molecule has 0 bridgehead atoms. The fourth-order valence-corrected chi connectivity index (χ4v) is 4.11. The lowest BCUT2D eigenvalue weighted by Crippen LogP contribution is -2.52. The van der Waals surface area contributed by atoms with Gasteiger partial charge in [-0.1, -0.05) is 36.4 Å². The first-order valence-corrected chi connectivity index (χ1v) is 11.1. The van der Waals surface area contributed by atoms with Crippen molar-refractivity contribution in [3.8, 4) is 5.75 Å². The summed E-state index contributed by atoms with van der Waals surface area (Å²) in [5.74, 6) is 0.195. The molecule has 0 aliphatic carbocycles. The van der Waals surface area contributed by atoms with Gasteiger partial charge in [0.25, 0.3) is 5.91 Å². The number of ether oxygens (including phenoxy) is 1. The van der Waals surface area contributed by atoms with Crippen LogP contribution in [0.1, 0.15) is 5.56 Å². The quantitative estimate of drug-likeness (QED) is 0.561. The number of pyridine rings is 1. The van der Waals surface area contributed by atoms with Crippen molar-refractivity contribution in [2.24, 2.45) is 0 Å². The Hall–Kier alpha value is -4.20. The predicted molar refractivity (Wildman–Crippen MR) is 127 cm³/mol. The molecule has 2 aliphatic heterocycles. The average Bonchev–Trinajstić information content (AvgIpc) is 2.88. The van der Waals surface area contributed by atoms with Gasteiger partial charge in [0.05, 0.1) is 5.69 Å². The summed E-state index contributed by atoms with van der Waals surface area (Å²) in [6, 6.07) is 18.9. The van der Waals surface area contributed by atoms with Crippen molar-refractivity contribution in [3.05, 3.63) is 90.1 Å². The number of fused-ring (bicyclic) bond motifs is 1. The number of aromatic nitrogens is 1. The number of hydrogen-bond donors (Lipinski definition) is 0. The average molecular weight is 458 g/mol. The molecule has 2 aliphatic rings. The van der Waals surface area contributed by atoms with E-state index >= 15 is 0 Å². The second kappa shape index (κ2) is 9.35. The number of carbonyl (C=O) groups is 2. The van der Waals surface area contributed by atoms with Crippen LogP contribution in [0.2, 0.25) is 0 Å². The fraction of sp³-hybridized carbons (Fsp3) is 0.192. The van der Waals surface area contributed by atoms with E-state index in [-0.39, 0.29) is 23.8 Å². The van der Waals surface area contributed by atoms with Gasteiger partial charge in [-0.05, 0) is 36.4 Å². The molecule has 0 radical (unpaired) electrons. The third-order valence-corrected chi connectivity index (χ3v) is 5.92. The molecule has 0 unspecified atom stereocenters. The largest absolute Gasteiger partial charge is 0.449 e. The van der Waals surface area contributed by atoms with Crippen LogP contribution in [0, 0.1) is 5.82 Å². The first kappa shape index (κ1) is 21.6. The third-order valence-electron chi connectivity index (χ3n) is 5.92. The Morgan fingerprint density at radius 2 is 1.71 bits per heavy atom. The van der Waals surface area contributed by atoms with Crippen molar-refractivity contribution in [1.82, 2.24) is 9.88 Å². The summed E-state index contributed by atoms with van der Waals surface area (Å²) < 4.78 is 20.0. The van der Waals surface area contributed by atoms with Gasteiger partial charge in [-0.2, -0.15) is 0 Å². The van der Waals surface area contributed by atoms with Gasteiger partial charge < -0.3 is 14.5 Å². The second-order valence-corrected chi connectivity index (χ2v) is 8.05. The zero-order valence-corrected chi connectivity index (χ0v) is 18.4. The molecule has 2 amide bonds. The molecule has 0 saturated carbocycles. The van der Waals surface area contributed by atoms with Gasteiger partial charge in [-0.15, -0.1) is 0 Å². The molecule has 3 aromatic rings. The summed E-state index contributed by atoms with van der Waals surface area (Å²) in [6.07, 6.45) is 3.12. The lowest BCUT2D eigenvalue weighted by Gasteiger charge is -2.37. The van der Waals surface area contributed by atoms with Crippen LogP contribution in [-0.2, 0) is 9.59 Å². The first-order valence-electron chi connectivity index (χ1n) is 11.1. The smallest absolute Gasteiger partial charge is 0.294 e. The molecule has 5 rings (SSSR count). The highest BCUT2D eigenvalue weighted by Crippen LogP contribution is 2.35. The number of anilines is 2.